The molecule has 0 radical (unpaired) electrons. The Morgan fingerprint density at radius 1 is 1.41 bits per heavy atom. The third kappa shape index (κ3) is 4.60. The summed E-state index contributed by atoms with van der Waals surface area (Å²) >= 11 is 0. The molecule has 0 saturated carbocycles. The Morgan fingerprint density at radius 3 is 2.71 bits per heavy atom. The summed E-state index contributed by atoms with van der Waals surface area (Å²) in [5, 5.41) is 19.5. The maximum Gasteiger partial charge on any atom is 0.334 e. The number of aliphatic hydroxyl groups excluding tert-OH is 1. The van der Waals surface area contributed by atoms with Crippen molar-refractivity contribution in [3.8, 4) is 0 Å². The van der Waals surface area contributed by atoms with E-state index in [-0.39, 0.29) is 13.0 Å². The summed E-state index contributed by atoms with van der Waals surface area (Å²) in [7, 11) is 0. The number of rotatable bonds is 5. The fourth-order valence-electron chi connectivity index (χ4n) is 1.19. The van der Waals surface area contributed by atoms with Crippen LogP contribution in [0.5, 0.6) is 0 Å². The Balaban J connectivity index is 2.42. The van der Waals surface area contributed by atoms with Crippen molar-refractivity contribution in [1.82, 2.24) is 5.32 Å². The van der Waals surface area contributed by atoms with Crippen molar-refractivity contribution in [2.45, 2.75) is 12.5 Å². The second-order valence-corrected chi connectivity index (χ2v) is 3.46. The molecule has 0 fully saturated rings. The third-order valence-electron chi connectivity index (χ3n) is 2.03. The molecule has 1 rings (SSSR count). The van der Waals surface area contributed by atoms with Gasteiger partial charge in [0.1, 0.15) is 5.82 Å². The lowest BCUT2D eigenvalue weighted by molar-refractivity contribution is -0.146. The summed E-state index contributed by atoms with van der Waals surface area (Å²) in [5.74, 6) is -2.33. The van der Waals surface area contributed by atoms with Crippen molar-refractivity contribution < 1.29 is 24.2 Å². The smallest absolute Gasteiger partial charge is 0.334 e. The van der Waals surface area contributed by atoms with Crippen LogP contribution in [0.15, 0.2) is 24.3 Å². The van der Waals surface area contributed by atoms with Crippen LogP contribution >= 0.6 is 0 Å². The van der Waals surface area contributed by atoms with Gasteiger partial charge in [-0.05, 0) is 17.7 Å². The molecule has 17 heavy (non-hydrogen) atoms. The second-order valence-electron chi connectivity index (χ2n) is 3.46. The van der Waals surface area contributed by atoms with E-state index in [1.807, 2.05) is 0 Å². The predicted molar refractivity (Wildman–Crippen MR) is 56.8 cm³/mol. The molecule has 92 valence electrons. The maximum absolute atomic E-state index is 12.8. The first-order chi connectivity index (χ1) is 7.99. The van der Waals surface area contributed by atoms with E-state index in [1.54, 1.807) is 6.07 Å². The molecule has 6 heteroatoms. The SMILES string of the molecule is O=C(Cc1cccc(F)c1)NCC(O)C(=O)O. The lowest BCUT2D eigenvalue weighted by atomic mass is 10.1. The van der Waals surface area contributed by atoms with Gasteiger partial charge >= 0.3 is 5.97 Å². The molecule has 1 unspecified atom stereocenters. The van der Waals surface area contributed by atoms with E-state index >= 15 is 0 Å². The maximum atomic E-state index is 12.8. The van der Waals surface area contributed by atoms with E-state index in [2.05, 4.69) is 5.32 Å². The topological polar surface area (TPSA) is 86.6 Å². The van der Waals surface area contributed by atoms with E-state index in [0.29, 0.717) is 5.56 Å². The molecule has 3 N–H and O–H groups in total. The molecular formula is C11H12FNO4. The van der Waals surface area contributed by atoms with Gasteiger partial charge in [-0.25, -0.2) is 9.18 Å². The van der Waals surface area contributed by atoms with Gasteiger partial charge in [-0.15, -0.1) is 0 Å². The number of carbonyl (C=O) groups is 2. The van der Waals surface area contributed by atoms with Crippen LogP contribution in [0.25, 0.3) is 0 Å². The van der Waals surface area contributed by atoms with Gasteiger partial charge in [-0.1, -0.05) is 12.1 Å². The van der Waals surface area contributed by atoms with Crippen LogP contribution in [0.3, 0.4) is 0 Å². The van der Waals surface area contributed by atoms with E-state index in [1.165, 1.54) is 18.2 Å². The number of hydrogen-bond donors (Lipinski definition) is 3. The van der Waals surface area contributed by atoms with Gasteiger partial charge in [0.05, 0.1) is 13.0 Å². The molecule has 5 nitrogen and oxygen atoms in total. The fraction of sp³-hybridized carbons (Fsp3) is 0.273. The van der Waals surface area contributed by atoms with Crippen molar-refractivity contribution in [2.24, 2.45) is 0 Å². The Bertz CT molecular complexity index is 422. The summed E-state index contributed by atoms with van der Waals surface area (Å²) in [6.45, 7) is -0.372. The largest absolute Gasteiger partial charge is 0.479 e. The van der Waals surface area contributed by atoms with Gasteiger partial charge in [0.2, 0.25) is 5.91 Å². The van der Waals surface area contributed by atoms with Gasteiger partial charge < -0.3 is 15.5 Å². The Labute approximate surface area is 96.9 Å². The lowest BCUT2D eigenvalue weighted by Crippen LogP contribution is -2.37. The first-order valence-electron chi connectivity index (χ1n) is 4.91. The highest BCUT2D eigenvalue weighted by atomic mass is 19.1. The first kappa shape index (κ1) is 13.1. The third-order valence-corrected chi connectivity index (χ3v) is 2.03. The van der Waals surface area contributed by atoms with E-state index < -0.39 is 23.8 Å². The van der Waals surface area contributed by atoms with Crippen LogP contribution in [-0.2, 0) is 16.0 Å². The van der Waals surface area contributed by atoms with E-state index in [0.717, 1.165) is 0 Å². The summed E-state index contributed by atoms with van der Waals surface area (Å²) in [4.78, 5) is 21.6. The number of hydrogen-bond acceptors (Lipinski definition) is 3. The molecule has 0 heterocycles. The molecular weight excluding hydrogens is 229 g/mol. The number of aliphatic hydroxyl groups is 1. The number of benzene rings is 1. The number of aliphatic carboxylic acids is 1. The average molecular weight is 241 g/mol. The number of carboxylic acids is 1. The molecule has 0 bridgehead atoms. The molecule has 1 atom stereocenters. The number of halogens is 1. The highest BCUT2D eigenvalue weighted by molar-refractivity contribution is 5.79. The molecule has 0 aliphatic rings. The second kappa shape index (κ2) is 5.95. The van der Waals surface area contributed by atoms with Crippen LogP contribution in [-0.4, -0.2) is 34.7 Å². The van der Waals surface area contributed by atoms with Crippen molar-refractivity contribution in [3.05, 3.63) is 35.6 Å². The van der Waals surface area contributed by atoms with Crippen molar-refractivity contribution >= 4 is 11.9 Å². The zero-order chi connectivity index (χ0) is 12.8. The number of amides is 1. The van der Waals surface area contributed by atoms with Crippen LogP contribution < -0.4 is 5.32 Å². The zero-order valence-corrected chi connectivity index (χ0v) is 8.89. The minimum absolute atomic E-state index is 0.0654. The molecule has 0 aliphatic carbocycles. The minimum atomic E-state index is -1.63. The fourth-order valence-corrected chi connectivity index (χ4v) is 1.19. The van der Waals surface area contributed by atoms with Gasteiger partial charge in [0.15, 0.2) is 6.10 Å². The monoisotopic (exact) mass is 241 g/mol. The summed E-state index contributed by atoms with van der Waals surface area (Å²) in [6, 6.07) is 5.53. The Kier molecular flexibility index (Phi) is 4.59. The standard InChI is InChI=1S/C11H12FNO4/c12-8-3-1-2-7(4-8)5-10(15)13-6-9(14)11(16)17/h1-4,9,14H,5-6H2,(H,13,15)(H,16,17). The quantitative estimate of drug-likeness (QED) is 0.673. The minimum Gasteiger partial charge on any atom is -0.479 e. The lowest BCUT2D eigenvalue weighted by Gasteiger charge is -2.07. The highest BCUT2D eigenvalue weighted by Gasteiger charge is 2.14. The molecule has 0 aromatic heterocycles. The van der Waals surface area contributed by atoms with Gasteiger partial charge in [-0.2, -0.15) is 0 Å². The highest BCUT2D eigenvalue weighted by Crippen LogP contribution is 2.03. The van der Waals surface area contributed by atoms with Crippen molar-refractivity contribution in [2.75, 3.05) is 6.54 Å². The van der Waals surface area contributed by atoms with Gasteiger partial charge in [0, 0.05) is 0 Å². The normalized spacial score (nSPS) is 11.9. The van der Waals surface area contributed by atoms with Gasteiger partial charge in [0.25, 0.3) is 0 Å². The molecule has 1 aromatic carbocycles. The van der Waals surface area contributed by atoms with Crippen LogP contribution in [0.2, 0.25) is 0 Å². The van der Waals surface area contributed by atoms with Crippen LogP contribution in [0.1, 0.15) is 5.56 Å². The summed E-state index contributed by atoms with van der Waals surface area (Å²) in [5.41, 5.74) is 0.479. The first-order valence-corrected chi connectivity index (χ1v) is 4.91. The zero-order valence-electron chi connectivity index (χ0n) is 8.89. The number of nitrogens with one attached hydrogen (secondary N) is 1. The van der Waals surface area contributed by atoms with Crippen molar-refractivity contribution in [1.29, 1.82) is 0 Å². The summed E-state index contributed by atoms with van der Waals surface area (Å²) < 4.78 is 12.8. The van der Waals surface area contributed by atoms with Gasteiger partial charge in [-0.3, -0.25) is 4.79 Å². The van der Waals surface area contributed by atoms with E-state index in [9.17, 15) is 14.0 Å². The number of carbonyl (C=O) groups excluding carboxylic acids is 1. The van der Waals surface area contributed by atoms with Crippen molar-refractivity contribution in [3.63, 3.8) is 0 Å². The molecule has 0 saturated heterocycles. The van der Waals surface area contributed by atoms with E-state index in [4.69, 9.17) is 10.2 Å². The predicted octanol–water partition coefficient (Wildman–Crippen LogP) is -0.0701. The molecule has 0 spiro atoms. The van der Waals surface area contributed by atoms with Crippen LogP contribution in [0, 0.1) is 5.82 Å². The Hall–Kier alpha value is -1.95. The Morgan fingerprint density at radius 2 is 2.12 bits per heavy atom. The molecule has 0 aliphatic heterocycles. The van der Waals surface area contributed by atoms with Crippen LogP contribution in [0.4, 0.5) is 4.39 Å². The molecule has 1 aromatic rings. The average Bonchev–Trinajstić information content (AvgIpc) is 2.25. The summed E-state index contributed by atoms with van der Waals surface area (Å²) in [6.07, 6.45) is -1.70. The number of carboxylic acid groups (broad SMARTS) is 1. The molecule has 1 amide bonds.